The van der Waals surface area contributed by atoms with Crippen molar-refractivity contribution >= 4 is 62.0 Å². The van der Waals surface area contributed by atoms with E-state index in [0.717, 1.165) is 6.92 Å². The highest BCUT2D eigenvalue weighted by Crippen LogP contribution is 2.41. The molecule has 0 spiro atoms. The zero-order chi connectivity index (χ0) is 68.5. The fraction of sp³-hybridized carbons (Fsp3) is 0.907. The number of aliphatic hydroxyl groups excluding tert-OH is 1. The number of aliphatic hydroxyl groups is 2. The Kier molecular flexibility index (Phi) is 29.3. The molecule has 0 amide bonds. The van der Waals surface area contributed by atoms with Crippen molar-refractivity contribution in [3.8, 4) is 0 Å². The molecule has 0 aliphatic carbocycles. The van der Waals surface area contributed by atoms with E-state index in [9.17, 15) is 68.6 Å². The van der Waals surface area contributed by atoms with Gasteiger partial charge in [0.1, 0.15) is 42.7 Å². The SMILES string of the molecule is C.CCOC(=O)[C@@](C)(O)[C@H](O)C1COC(C)(C)O1.CCOC(=O)[C@@]1(C)OS(=O)(=O)O[C@@H]1C1COC(C)(C)O1.CCOC(=O)[C@@]1(C)OS(=O)O[C@@H]1C1COC(C)(C)O1.CCOC(=O)[C@](C)(F)[C@H](COS(=O)(=O)[O-])C1COC(C)(C)O1.CC[C@H]1OC(=O)[C@](C)(F)C1C. The number of alkyl halides is 2. The summed E-state index contributed by atoms with van der Waals surface area (Å²) >= 11 is -2.00. The molecule has 31 nitrogen and oxygen atoms in total. The third-order valence-corrected chi connectivity index (χ3v) is 16.7. The van der Waals surface area contributed by atoms with E-state index in [2.05, 4.69) is 8.92 Å². The summed E-state index contributed by atoms with van der Waals surface area (Å²) in [6.07, 6.45) is -5.98. The van der Waals surface area contributed by atoms with E-state index in [-0.39, 0.29) is 72.3 Å². The van der Waals surface area contributed by atoms with E-state index in [1.807, 2.05) is 6.92 Å². The van der Waals surface area contributed by atoms with Crippen LogP contribution in [-0.4, -0.2) is 225 Å². The molecule has 0 saturated carbocycles. The molecule has 0 radical (unpaired) electrons. The van der Waals surface area contributed by atoms with Gasteiger partial charge in [-0.15, -0.1) is 0 Å². The van der Waals surface area contributed by atoms with Crippen molar-refractivity contribution < 1.29 is 151 Å². The summed E-state index contributed by atoms with van der Waals surface area (Å²) in [5, 5.41) is 19.9. The van der Waals surface area contributed by atoms with Crippen LogP contribution in [0.2, 0.25) is 0 Å². The maximum atomic E-state index is 14.8. The fourth-order valence-corrected chi connectivity index (χ4v) is 11.8. The van der Waals surface area contributed by atoms with Gasteiger partial charge in [0.2, 0.25) is 32.9 Å². The van der Waals surface area contributed by atoms with Gasteiger partial charge in [-0.3, -0.25) is 8.37 Å². The summed E-state index contributed by atoms with van der Waals surface area (Å²) in [7, 11) is -9.32. The summed E-state index contributed by atoms with van der Waals surface area (Å²) in [5.74, 6) is -9.43. The Labute approximate surface area is 528 Å². The van der Waals surface area contributed by atoms with Gasteiger partial charge in [0.25, 0.3) is 0 Å². The minimum Gasteiger partial charge on any atom is -0.726 e. The minimum atomic E-state index is -5.04. The number of esters is 5. The lowest BCUT2D eigenvalue weighted by Crippen LogP contribution is -2.54. The van der Waals surface area contributed by atoms with E-state index in [0.29, 0.717) is 6.42 Å². The smallest absolute Gasteiger partial charge is 0.401 e. The molecule has 528 valence electrons. The Morgan fingerprint density at radius 3 is 1.51 bits per heavy atom. The van der Waals surface area contributed by atoms with Gasteiger partial charge in [-0.1, -0.05) is 21.3 Å². The molecule has 2 N–H and O–H groups in total. The van der Waals surface area contributed by atoms with Crippen LogP contribution in [0.1, 0.15) is 145 Å². The molecule has 7 fully saturated rings. The summed E-state index contributed by atoms with van der Waals surface area (Å²) in [6, 6.07) is 0. The number of hydrogen-bond donors (Lipinski definition) is 2. The largest absolute Gasteiger partial charge is 0.726 e. The topological polar surface area (TPSA) is 400 Å². The van der Waals surface area contributed by atoms with Gasteiger partial charge in [-0.05, 0) is 124 Å². The number of ether oxygens (including phenoxy) is 13. The molecule has 0 aromatic rings. The van der Waals surface area contributed by atoms with Crippen molar-refractivity contribution in [2.24, 2.45) is 11.8 Å². The first-order valence-corrected chi connectivity index (χ1v) is 32.1. The molecule has 7 rings (SSSR count). The van der Waals surface area contributed by atoms with Gasteiger partial charge in [-0.2, -0.15) is 12.6 Å². The van der Waals surface area contributed by atoms with E-state index >= 15 is 0 Å². The van der Waals surface area contributed by atoms with Crippen molar-refractivity contribution in [3.63, 3.8) is 0 Å². The van der Waals surface area contributed by atoms with Crippen molar-refractivity contribution in [2.45, 2.75) is 246 Å². The van der Waals surface area contributed by atoms with Gasteiger partial charge < -0.3 is 76.3 Å². The van der Waals surface area contributed by atoms with Crippen molar-refractivity contribution in [1.82, 2.24) is 0 Å². The summed E-state index contributed by atoms with van der Waals surface area (Å²) in [6.45, 7) is 29.5. The average Bonchev–Trinajstić information content (AvgIpc) is 1.61. The maximum absolute atomic E-state index is 14.8. The molecule has 7 aliphatic heterocycles. The highest BCUT2D eigenvalue weighted by atomic mass is 32.3. The van der Waals surface area contributed by atoms with Crippen molar-refractivity contribution in [2.75, 3.05) is 59.5 Å². The molecule has 7 aliphatic rings. The number of hydrogen-bond acceptors (Lipinski definition) is 31. The molecule has 7 heterocycles. The van der Waals surface area contributed by atoms with Crippen LogP contribution < -0.4 is 0 Å². The van der Waals surface area contributed by atoms with Gasteiger partial charge in [0, 0.05) is 5.92 Å². The van der Waals surface area contributed by atoms with E-state index in [1.54, 1.807) is 83.1 Å². The molecule has 0 aromatic heterocycles. The predicted molar refractivity (Wildman–Crippen MR) is 303 cm³/mol. The average molecular weight is 1370 g/mol. The second kappa shape index (κ2) is 31.9. The standard InChI is InChI=1S/C12H21FO8S.C11H18O8S.C11H18O7S.C11H20O6.C8H13FO2.CH4/c1-5-18-10(14)12(4,13)8(6-20-22(15,16)17)9-7-19-11(2,3)21-9;1-5-15-9(12)11(4)8(18-20(13,14)19-11)7-6-16-10(2,3)17-7;1-5-14-9(12)11(4)8(17-19(13)18-11)7-6-15-10(2,3)16-7;1-5-15-9(13)11(4,14)8(12)7-6-16-10(2,3)17-7;1-4-6-5(2)8(3,9)7(10)11-6;/h8-9H,5-7H2,1-4H3,(H,15,16,17);7-8H,5-6H2,1-4H3;7-8H,5-6H2,1-4H3;7-8,12,14H,5-6H2,1-4H3;5-6H,4H2,1-3H3;1H4/p-1/t8-,9?,12-;7?,8-,11+;7?,8-,11+,19?;7?,8-,11+;5?,6-,8-;/m11111./s1. The molecule has 36 heteroatoms. The Morgan fingerprint density at radius 1 is 0.711 bits per heavy atom. The quantitative estimate of drug-likeness (QED) is 0.0860. The van der Waals surface area contributed by atoms with Crippen LogP contribution >= 0.6 is 0 Å². The molecule has 6 unspecified atom stereocenters. The normalized spacial score (nSPS) is 34.4. The van der Waals surface area contributed by atoms with Gasteiger partial charge >= 0.3 is 51.6 Å². The molecule has 90 heavy (non-hydrogen) atoms. The molecular formula is C54H93F2O31S3-. The third kappa shape index (κ3) is 21.8. The number of rotatable bonds is 18. The molecule has 0 aromatic carbocycles. The lowest BCUT2D eigenvalue weighted by molar-refractivity contribution is -0.195. The first-order valence-electron chi connectivity index (χ1n) is 28.4. The maximum Gasteiger partial charge on any atom is 0.401 e. The van der Waals surface area contributed by atoms with Gasteiger partial charge in [-0.25, -0.2) is 53.7 Å². The highest BCUT2D eigenvalue weighted by molar-refractivity contribution is 7.82. The lowest BCUT2D eigenvalue weighted by Gasteiger charge is -2.32. The number of halogens is 2. The zero-order valence-corrected chi connectivity index (χ0v) is 56.0. The predicted octanol–water partition coefficient (Wildman–Crippen LogP) is 3.23. The van der Waals surface area contributed by atoms with Crippen LogP contribution in [0.3, 0.4) is 0 Å². The molecule has 7 saturated heterocycles. The lowest BCUT2D eigenvalue weighted by atomic mass is 9.87. The number of carbonyl (C=O) groups excluding carboxylic acids is 5. The fourth-order valence-electron chi connectivity index (χ4n) is 9.36. The Balaban J connectivity index is 0.000000387. The van der Waals surface area contributed by atoms with E-state index < -0.39 is 169 Å². The second-order valence-electron chi connectivity index (χ2n) is 23.6. The van der Waals surface area contributed by atoms with Gasteiger partial charge in [0.05, 0.1) is 71.5 Å². The minimum absolute atomic E-state index is 0. The number of cyclic esters (lactones) is 1. The van der Waals surface area contributed by atoms with Crippen molar-refractivity contribution in [1.29, 1.82) is 0 Å². The van der Waals surface area contributed by atoms with Gasteiger partial charge in [0.15, 0.2) is 28.7 Å². The van der Waals surface area contributed by atoms with Crippen LogP contribution in [0, 0.1) is 11.8 Å². The first-order chi connectivity index (χ1) is 40.5. The van der Waals surface area contributed by atoms with Crippen LogP contribution in [0.5, 0.6) is 0 Å². The Hall–Kier alpha value is -3.38. The monoisotopic (exact) mass is 1370 g/mol. The summed E-state index contributed by atoms with van der Waals surface area (Å²) in [4.78, 5) is 58.1. The molecule has 16 atom stereocenters. The van der Waals surface area contributed by atoms with E-state index in [4.69, 9.17) is 73.6 Å². The highest BCUT2D eigenvalue weighted by Gasteiger charge is 2.63. The van der Waals surface area contributed by atoms with Crippen LogP contribution in [-0.2, 0) is 139 Å². The Bertz CT molecular complexity index is 2670. The first kappa shape index (κ1) is 82.7. The summed E-state index contributed by atoms with van der Waals surface area (Å²) in [5.41, 5.74) is -9.65. The number of carbonyl (C=O) groups is 5. The van der Waals surface area contributed by atoms with Crippen molar-refractivity contribution in [3.05, 3.63) is 0 Å². The summed E-state index contributed by atoms with van der Waals surface area (Å²) < 4.78 is 186. The Morgan fingerprint density at radius 2 is 1.13 bits per heavy atom. The third-order valence-electron chi connectivity index (χ3n) is 14.5. The zero-order valence-electron chi connectivity index (χ0n) is 53.6. The van der Waals surface area contributed by atoms with Crippen LogP contribution in [0.4, 0.5) is 8.78 Å². The van der Waals surface area contributed by atoms with E-state index in [1.165, 1.54) is 34.6 Å². The second-order valence-corrected chi connectivity index (χ2v) is 26.6. The van der Waals surface area contributed by atoms with Crippen LogP contribution in [0.15, 0.2) is 0 Å². The van der Waals surface area contributed by atoms with Crippen LogP contribution in [0.25, 0.3) is 0 Å². The molecular weight excluding hydrogens is 1280 g/mol. The molecule has 0 bridgehead atoms.